The summed E-state index contributed by atoms with van der Waals surface area (Å²) in [4.78, 5) is 23.7. The Morgan fingerprint density at radius 1 is 1.30 bits per heavy atom. The van der Waals surface area contributed by atoms with Gasteiger partial charge in [0, 0.05) is 16.3 Å². The van der Waals surface area contributed by atoms with Gasteiger partial charge in [-0.05, 0) is 31.5 Å². The first kappa shape index (κ1) is 12.6. The Hall–Kier alpha value is -2.43. The van der Waals surface area contributed by atoms with E-state index in [1.54, 1.807) is 19.3 Å². The summed E-state index contributed by atoms with van der Waals surface area (Å²) in [6.45, 7) is 4.22. The lowest BCUT2D eigenvalue weighted by Gasteiger charge is -2.02. The Kier molecular flexibility index (Phi) is 3.10. The van der Waals surface area contributed by atoms with Gasteiger partial charge in [0.25, 0.3) is 0 Å². The van der Waals surface area contributed by atoms with Crippen LogP contribution in [0.1, 0.15) is 29.9 Å². The Balaban J connectivity index is 2.26. The molecule has 2 heterocycles. The first-order valence-electron chi connectivity index (χ1n) is 6.67. The van der Waals surface area contributed by atoms with Gasteiger partial charge in [-0.25, -0.2) is 14.8 Å². The molecule has 102 valence electrons. The highest BCUT2D eigenvalue weighted by Crippen LogP contribution is 2.27. The van der Waals surface area contributed by atoms with Crippen LogP contribution in [-0.2, 0) is 11.2 Å². The van der Waals surface area contributed by atoms with Crippen LogP contribution in [0.2, 0.25) is 0 Å². The van der Waals surface area contributed by atoms with Crippen LogP contribution in [0, 0.1) is 0 Å². The number of hydrogen-bond donors (Lipinski definition) is 1. The van der Waals surface area contributed by atoms with Crippen molar-refractivity contribution in [3.8, 4) is 0 Å². The van der Waals surface area contributed by atoms with Crippen molar-refractivity contribution in [3.05, 3.63) is 35.8 Å². The predicted molar refractivity (Wildman–Crippen MR) is 76.7 cm³/mol. The minimum Gasteiger partial charge on any atom is -0.462 e. The first-order valence-corrected chi connectivity index (χ1v) is 6.67. The topological polar surface area (TPSA) is 67.9 Å². The Morgan fingerprint density at radius 2 is 2.15 bits per heavy atom. The van der Waals surface area contributed by atoms with Gasteiger partial charge >= 0.3 is 5.97 Å². The summed E-state index contributed by atoms with van der Waals surface area (Å²) in [5.74, 6) is -0.307. The minimum atomic E-state index is -0.307. The number of nitrogens with zero attached hydrogens (tertiary/aromatic N) is 2. The monoisotopic (exact) mass is 269 g/mol. The maximum atomic E-state index is 11.8. The van der Waals surface area contributed by atoms with Gasteiger partial charge in [-0.1, -0.05) is 6.92 Å². The maximum absolute atomic E-state index is 11.8. The van der Waals surface area contributed by atoms with Crippen molar-refractivity contribution in [3.63, 3.8) is 0 Å². The van der Waals surface area contributed by atoms with Gasteiger partial charge in [-0.3, -0.25) is 0 Å². The summed E-state index contributed by atoms with van der Waals surface area (Å²) in [5, 5.41) is 1.94. The van der Waals surface area contributed by atoms with Crippen molar-refractivity contribution in [1.82, 2.24) is 15.0 Å². The number of fused-ring (bicyclic) bond motifs is 3. The number of carbonyl (C=O) groups excluding carboxylic acids is 1. The molecular weight excluding hydrogens is 254 g/mol. The number of H-pyrrole nitrogens is 1. The van der Waals surface area contributed by atoms with Crippen LogP contribution in [0.25, 0.3) is 21.9 Å². The number of aromatic amines is 1. The lowest BCUT2D eigenvalue weighted by atomic mass is 10.1. The van der Waals surface area contributed by atoms with Crippen LogP contribution in [-0.4, -0.2) is 27.5 Å². The molecule has 0 saturated heterocycles. The van der Waals surface area contributed by atoms with Gasteiger partial charge < -0.3 is 9.72 Å². The number of carbonyl (C=O) groups is 1. The van der Waals surface area contributed by atoms with Crippen LogP contribution in [0.15, 0.2) is 24.5 Å². The summed E-state index contributed by atoms with van der Waals surface area (Å²) < 4.78 is 5.04. The normalized spacial score (nSPS) is 11.1. The van der Waals surface area contributed by atoms with Crippen molar-refractivity contribution in [2.24, 2.45) is 0 Å². The fourth-order valence-corrected chi connectivity index (χ4v) is 2.40. The molecule has 0 saturated carbocycles. The molecule has 5 heteroatoms. The van der Waals surface area contributed by atoms with Crippen LogP contribution >= 0.6 is 0 Å². The largest absolute Gasteiger partial charge is 0.462 e. The molecule has 0 amide bonds. The highest BCUT2D eigenvalue weighted by atomic mass is 16.5. The summed E-state index contributed by atoms with van der Waals surface area (Å²) >= 11 is 0. The first-order chi connectivity index (χ1) is 9.74. The molecule has 0 atom stereocenters. The lowest BCUT2D eigenvalue weighted by Crippen LogP contribution is -2.04. The molecule has 3 aromatic rings. The molecule has 1 N–H and O–H groups in total. The SMILES string of the molecule is CCOC(=O)c1ccc2[nH]c3ncnc(CC)c3c2c1. The molecule has 0 unspecified atom stereocenters. The van der Waals surface area contributed by atoms with E-state index < -0.39 is 0 Å². The molecule has 2 aromatic heterocycles. The third-order valence-corrected chi connectivity index (χ3v) is 3.31. The summed E-state index contributed by atoms with van der Waals surface area (Å²) in [5.41, 5.74) is 3.27. The van der Waals surface area contributed by atoms with E-state index in [-0.39, 0.29) is 5.97 Å². The zero-order valence-corrected chi connectivity index (χ0v) is 11.4. The predicted octanol–water partition coefficient (Wildman–Crippen LogP) is 2.85. The van der Waals surface area contributed by atoms with Crippen LogP contribution in [0.5, 0.6) is 0 Å². The number of rotatable bonds is 3. The summed E-state index contributed by atoms with van der Waals surface area (Å²) in [6.07, 6.45) is 2.37. The number of aryl methyl sites for hydroxylation is 1. The molecule has 3 rings (SSSR count). The van der Waals surface area contributed by atoms with E-state index in [4.69, 9.17) is 4.74 Å². The van der Waals surface area contributed by atoms with Gasteiger partial charge in [-0.2, -0.15) is 0 Å². The molecule has 0 bridgehead atoms. The highest BCUT2D eigenvalue weighted by molar-refractivity contribution is 6.09. The molecule has 0 fully saturated rings. The number of aromatic nitrogens is 3. The van der Waals surface area contributed by atoms with Crippen molar-refractivity contribution in [2.45, 2.75) is 20.3 Å². The van der Waals surface area contributed by atoms with Crippen LogP contribution in [0.4, 0.5) is 0 Å². The standard InChI is InChI=1S/C15H15N3O2/c1-3-11-13-10-7-9(15(19)20-4-2)5-6-12(10)18-14(13)17-8-16-11/h5-8H,3-4H2,1-2H3,(H,16,17,18). The van der Waals surface area contributed by atoms with Gasteiger partial charge in [-0.15, -0.1) is 0 Å². The molecule has 1 aromatic carbocycles. The minimum absolute atomic E-state index is 0.307. The van der Waals surface area contributed by atoms with E-state index in [9.17, 15) is 4.79 Å². The van der Waals surface area contributed by atoms with E-state index in [0.29, 0.717) is 12.2 Å². The lowest BCUT2D eigenvalue weighted by molar-refractivity contribution is 0.0526. The third-order valence-electron chi connectivity index (χ3n) is 3.31. The Labute approximate surface area is 116 Å². The Bertz CT molecular complexity index is 792. The van der Waals surface area contributed by atoms with E-state index >= 15 is 0 Å². The number of hydrogen-bond acceptors (Lipinski definition) is 4. The molecule has 0 aliphatic rings. The van der Waals surface area contributed by atoms with Gasteiger partial charge in [0.2, 0.25) is 0 Å². The second kappa shape index (κ2) is 4.92. The number of benzene rings is 1. The second-order valence-corrected chi connectivity index (χ2v) is 4.50. The number of nitrogens with one attached hydrogen (secondary N) is 1. The fraction of sp³-hybridized carbons (Fsp3) is 0.267. The molecular formula is C15H15N3O2. The summed E-state index contributed by atoms with van der Waals surface area (Å²) in [6, 6.07) is 5.48. The van der Waals surface area contributed by atoms with Crippen molar-refractivity contribution < 1.29 is 9.53 Å². The van der Waals surface area contributed by atoms with E-state index in [0.717, 1.165) is 34.1 Å². The zero-order chi connectivity index (χ0) is 14.1. The average molecular weight is 269 g/mol. The van der Waals surface area contributed by atoms with Gasteiger partial charge in [0.1, 0.15) is 12.0 Å². The van der Waals surface area contributed by atoms with Crippen LogP contribution in [0.3, 0.4) is 0 Å². The number of esters is 1. The van der Waals surface area contributed by atoms with Crippen LogP contribution < -0.4 is 0 Å². The van der Waals surface area contributed by atoms with Crippen molar-refractivity contribution in [1.29, 1.82) is 0 Å². The fourth-order valence-electron chi connectivity index (χ4n) is 2.40. The quantitative estimate of drug-likeness (QED) is 0.742. The van der Waals surface area contributed by atoms with Gasteiger partial charge in [0.15, 0.2) is 0 Å². The molecule has 0 aliphatic heterocycles. The molecule has 0 aliphatic carbocycles. The van der Waals surface area contributed by atoms with E-state index in [1.165, 1.54) is 0 Å². The van der Waals surface area contributed by atoms with Crippen molar-refractivity contribution >= 4 is 27.9 Å². The average Bonchev–Trinajstić information content (AvgIpc) is 2.85. The molecule has 20 heavy (non-hydrogen) atoms. The molecule has 0 radical (unpaired) electrons. The second-order valence-electron chi connectivity index (χ2n) is 4.50. The smallest absolute Gasteiger partial charge is 0.338 e. The highest BCUT2D eigenvalue weighted by Gasteiger charge is 2.13. The molecule has 5 nitrogen and oxygen atoms in total. The summed E-state index contributed by atoms with van der Waals surface area (Å²) in [7, 11) is 0. The third kappa shape index (κ3) is 1.91. The zero-order valence-electron chi connectivity index (χ0n) is 11.4. The Morgan fingerprint density at radius 3 is 2.90 bits per heavy atom. The van der Waals surface area contributed by atoms with Crippen molar-refractivity contribution in [2.75, 3.05) is 6.61 Å². The van der Waals surface area contributed by atoms with E-state index in [1.807, 2.05) is 12.1 Å². The number of ether oxygens (including phenoxy) is 1. The maximum Gasteiger partial charge on any atom is 0.338 e. The van der Waals surface area contributed by atoms with E-state index in [2.05, 4.69) is 21.9 Å². The molecule has 0 spiro atoms. The van der Waals surface area contributed by atoms with Gasteiger partial charge in [0.05, 0.1) is 17.9 Å².